The van der Waals surface area contributed by atoms with E-state index in [4.69, 9.17) is 9.47 Å². The van der Waals surface area contributed by atoms with Crippen LogP contribution in [0.3, 0.4) is 0 Å². The highest BCUT2D eigenvalue weighted by Gasteiger charge is 2.16. The lowest BCUT2D eigenvalue weighted by atomic mass is 10.1. The van der Waals surface area contributed by atoms with Crippen LogP contribution in [0.4, 0.5) is 0 Å². The van der Waals surface area contributed by atoms with Crippen LogP contribution in [0.1, 0.15) is 22.2 Å². The molecule has 2 aromatic heterocycles. The number of hydrogen-bond acceptors (Lipinski definition) is 6. The first-order valence-electron chi connectivity index (χ1n) is 7.65. The summed E-state index contributed by atoms with van der Waals surface area (Å²) in [6.45, 7) is 0.689. The van der Waals surface area contributed by atoms with Crippen LogP contribution in [0, 0.1) is 0 Å². The first-order valence-corrected chi connectivity index (χ1v) is 9.47. The normalized spacial score (nSPS) is 12.1. The third kappa shape index (κ3) is 4.14. The molecule has 0 fully saturated rings. The molecule has 1 N–H and O–H groups in total. The van der Waals surface area contributed by atoms with Gasteiger partial charge in [0.1, 0.15) is 16.5 Å². The predicted molar refractivity (Wildman–Crippen MR) is 99.3 cm³/mol. The van der Waals surface area contributed by atoms with Gasteiger partial charge in [0.2, 0.25) is 0 Å². The smallest absolute Gasteiger partial charge is 0.123 e. The fourth-order valence-electron chi connectivity index (χ4n) is 2.55. The van der Waals surface area contributed by atoms with Crippen molar-refractivity contribution in [1.82, 2.24) is 10.3 Å². The van der Waals surface area contributed by atoms with E-state index in [1.165, 1.54) is 5.56 Å². The van der Waals surface area contributed by atoms with Gasteiger partial charge in [0.25, 0.3) is 0 Å². The maximum Gasteiger partial charge on any atom is 0.123 e. The van der Waals surface area contributed by atoms with Crippen molar-refractivity contribution < 1.29 is 9.47 Å². The Balaban J connectivity index is 1.76. The van der Waals surface area contributed by atoms with Gasteiger partial charge in [0.05, 0.1) is 20.3 Å². The molecular formula is C18H20N2O2S2. The van der Waals surface area contributed by atoms with Gasteiger partial charge in [-0.25, -0.2) is 4.98 Å². The molecule has 126 valence electrons. The largest absolute Gasteiger partial charge is 0.497 e. The van der Waals surface area contributed by atoms with Gasteiger partial charge in [-0.15, -0.1) is 11.3 Å². The Kier molecular flexibility index (Phi) is 5.85. The zero-order chi connectivity index (χ0) is 16.8. The van der Waals surface area contributed by atoms with Crippen molar-refractivity contribution in [3.63, 3.8) is 0 Å². The molecule has 0 aliphatic rings. The zero-order valence-electron chi connectivity index (χ0n) is 13.7. The van der Waals surface area contributed by atoms with Crippen molar-refractivity contribution in [2.45, 2.75) is 19.0 Å². The molecular weight excluding hydrogens is 340 g/mol. The van der Waals surface area contributed by atoms with Gasteiger partial charge in [0, 0.05) is 23.7 Å². The number of thiophene rings is 1. The Morgan fingerprint density at radius 3 is 2.75 bits per heavy atom. The highest BCUT2D eigenvalue weighted by atomic mass is 32.1. The molecule has 0 bridgehead atoms. The van der Waals surface area contributed by atoms with Gasteiger partial charge in [-0.3, -0.25) is 0 Å². The Labute approximate surface area is 150 Å². The average molecular weight is 361 g/mol. The van der Waals surface area contributed by atoms with Crippen LogP contribution in [0.25, 0.3) is 0 Å². The number of hydrogen-bond donors (Lipinski definition) is 1. The molecule has 2 heterocycles. The van der Waals surface area contributed by atoms with Gasteiger partial charge in [0.15, 0.2) is 0 Å². The first kappa shape index (κ1) is 17.0. The predicted octanol–water partition coefficient (Wildman–Crippen LogP) is 4.30. The van der Waals surface area contributed by atoms with Crippen molar-refractivity contribution in [2.75, 3.05) is 14.2 Å². The van der Waals surface area contributed by atoms with Crippen molar-refractivity contribution in [1.29, 1.82) is 0 Å². The SMILES string of the molecule is COc1ccc(OC)c(CNC(Cc2ccsc2)c2nccs2)c1. The maximum atomic E-state index is 5.47. The van der Waals surface area contributed by atoms with Gasteiger partial charge < -0.3 is 14.8 Å². The summed E-state index contributed by atoms with van der Waals surface area (Å²) in [6, 6.07) is 8.20. The molecule has 6 heteroatoms. The van der Waals surface area contributed by atoms with E-state index in [9.17, 15) is 0 Å². The number of rotatable bonds is 8. The number of nitrogens with one attached hydrogen (secondary N) is 1. The van der Waals surface area contributed by atoms with E-state index < -0.39 is 0 Å². The molecule has 24 heavy (non-hydrogen) atoms. The summed E-state index contributed by atoms with van der Waals surface area (Å²) in [4.78, 5) is 4.49. The molecule has 0 aliphatic heterocycles. The maximum absolute atomic E-state index is 5.47. The van der Waals surface area contributed by atoms with Crippen LogP contribution in [0.15, 0.2) is 46.6 Å². The quantitative estimate of drug-likeness (QED) is 0.651. The van der Waals surface area contributed by atoms with Gasteiger partial charge in [-0.1, -0.05) is 0 Å². The summed E-state index contributed by atoms with van der Waals surface area (Å²) >= 11 is 3.40. The van der Waals surface area contributed by atoms with E-state index in [0.717, 1.165) is 28.5 Å². The molecule has 0 saturated heterocycles. The first-order chi connectivity index (χ1) is 11.8. The molecule has 3 rings (SSSR count). The Morgan fingerprint density at radius 2 is 2.08 bits per heavy atom. The Hall–Kier alpha value is -1.89. The van der Waals surface area contributed by atoms with Gasteiger partial charge in [-0.2, -0.15) is 11.3 Å². The molecule has 0 saturated carbocycles. The molecule has 1 unspecified atom stereocenters. The molecule has 4 nitrogen and oxygen atoms in total. The molecule has 0 aliphatic carbocycles. The highest BCUT2D eigenvalue weighted by molar-refractivity contribution is 7.09. The number of nitrogens with zero attached hydrogens (tertiary/aromatic N) is 1. The molecule has 3 aromatic rings. The molecule has 1 aromatic carbocycles. The molecule has 1 atom stereocenters. The van der Waals surface area contributed by atoms with E-state index in [0.29, 0.717) is 6.54 Å². The topological polar surface area (TPSA) is 43.4 Å². The summed E-state index contributed by atoms with van der Waals surface area (Å²) in [5.74, 6) is 1.69. The summed E-state index contributed by atoms with van der Waals surface area (Å²) in [5, 5.41) is 11.0. The zero-order valence-corrected chi connectivity index (χ0v) is 15.3. The van der Waals surface area contributed by atoms with Crippen molar-refractivity contribution >= 4 is 22.7 Å². The fraction of sp³-hybridized carbons (Fsp3) is 0.278. The van der Waals surface area contributed by atoms with Crippen molar-refractivity contribution in [3.05, 3.63) is 62.7 Å². The van der Waals surface area contributed by atoms with Crippen molar-refractivity contribution in [2.24, 2.45) is 0 Å². The number of methoxy groups -OCH3 is 2. The average Bonchev–Trinajstić information content (AvgIpc) is 3.31. The standard InChI is InChI=1S/C18H20N2O2S2/c1-21-15-3-4-17(22-2)14(10-15)11-20-16(18-19-6-8-24-18)9-13-5-7-23-12-13/h3-8,10,12,16,20H,9,11H2,1-2H3. The fourth-order valence-corrected chi connectivity index (χ4v) is 3.95. The van der Waals surface area contributed by atoms with E-state index >= 15 is 0 Å². The Bertz CT molecular complexity index is 742. The van der Waals surface area contributed by atoms with Crippen molar-refractivity contribution in [3.8, 4) is 11.5 Å². The van der Waals surface area contributed by atoms with Crippen LogP contribution in [-0.2, 0) is 13.0 Å². The van der Waals surface area contributed by atoms with Crippen LogP contribution in [0.2, 0.25) is 0 Å². The van der Waals surface area contributed by atoms with Crippen LogP contribution >= 0.6 is 22.7 Å². The second-order valence-electron chi connectivity index (χ2n) is 5.32. The summed E-state index contributed by atoms with van der Waals surface area (Å²) in [5.41, 5.74) is 2.40. The lowest BCUT2D eigenvalue weighted by Crippen LogP contribution is -2.23. The van der Waals surface area contributed by atoms with E-state index in [1.54, 1.807) is 36.9 Å². The van der Waals surface area contributed by atoms with E-state index in [2.05, 4.69) is 27.1 Å². The molecule has 0 radical (unpaired) electrons. The lowest BCUT2D eigenvalue weighted by Gasteiger charge is -2.18. The highest BCUT2D eigenvalue weighted by Crippen LogP contribution is 2.26. The summed E-state index contributed by atoms with van der Waals surface area (Å²) < 4.78 is 10.8. The van der Waals surface area contributed by atoms with Crippen LogP contribution in [0.5, 0.6) is 11.5 Å². The van der Waals surface area contributed by atoms with E-state index in [1.807, 2.05) is 29.8 Å². The van der Waals surface area contributed by atoms with E-state index in [-0.39, 0.29) is 6.04 Å². The second kappa shape index (κ2) is 8.28. The minimum atomic E-state index is 0.176. The minimum absolute atomic E-state index is 0.176. The summed E-state index contributed by atoms with van der Waals surface area (Å²) in [7, 11) is 3.36. The third-order valence-corrected chi connectivity index (χ3v) is 5.42. The second-order valence-corrected chi connectivity index (χ2v) is 7.02. The third-order valence-electron chi connectivity index (χ3n) is 3.80. The minimum Gasteiger partial charge on any atom is -0.497 e. The lowest BCUT2D eigenvalue weighted by molar-refractivity contribution is 0.395. The number of aromatic nitrogens is 1. The number of thiazole rings is 1. The summed E-state index contributed by atoms with van der Waals surface area (Å²) in [6.07, 6.45) is 2.78. The van der Waals surface area contributed by atoms with Crippen LogP contribution in [-0.4, -0.2) is 19.2 Å². The number of benzene rings is 1. The van der Waals surface area contributed by atoms with Crippen LogP contribution < -0.4 is 14.8 Å². The van der Waals surface area contributed by atoms with Gasteiger partial charge >= 0.3 is 0 Å². The monoisotopic (exact) mass is 360 g/mol. The molecule has 0 amide bonds. The Morgan fingerprint density at radius 1 is 1.17 bits per heavy atom. The van der Waals surface area contributed by atoms with Gasteiger partial charge in [-0.05, 0) is 47.0 Å². The molecule has 0 spiro atoms. The number of ether oxygens (including phenoxy) is 2.